The van der Waals surface area contributed by atoms with E-state index in [1.165, 1.54) is 16.8 Å². The molecule has 1 fully saturated rings. The Bertz CT molecular complexity index is 1350. The Labute approximate surface area is 228 Å². The fourth-order valence-electron chi connectivity index (χ4n) is 4.79. The maximum absolute atomic E-state index is 13.3. The Hall–Kier alpha value is -3.04. The van der Waals surface area contributed by atoms with Gasteiger partial charge in [-0.1, -0.05) is 15.9 Å². The topological polar surface area (TPSA) is 85.3 Å². The lowest BCUT2D eigenvalue weighted by Crippen LogP contribution is -2.34. The van der Waals surface area contributed by atoms with E-state index in [1.807, 2.05) is 56.3 Å². The molecule has 1 saturated carbocycles. The first-order chi connectivity index (χ1) is 17.9. The van der Waals surface area contributed by atoms with E-state index in [4.69, 9.17) is 18.7 Å². The number of ether oxygens (including phenoxy) is 1. The van der Waals surface area contributed by atoms with Crippen LogP contribution in [0.5, 0.6) is 0 Å². The first-order valence-corrected chi connectivity index (χ1v) is 13.9. The van der Waals surface area contributed by atoms with E-state index < -0.39 is 5.97 Å². The molecule has 0 bridgehead atoms. The summed E-state index contributed by atoms with van der Waals surface area (Å²) >= 11 is 4.92. The molecule has 2 atom stereocenters. The number of hydrogen-bond donors (Lipinski definition) is 0. The van der Waals surface area contributed by atoms with Crippen molar-refractivity contribution >= 4 is 51.4 Å². The van der Waals surface area contributed by atoms with Crippen molar-refractivity contribution in [2.75, 3.05) is 12.4 Å². The summed E-state index contributed by atoms with van der Waals surface area (Å²) in [6.07, 6.45) is 7.92. The number of amides is 1. The fraction of sp³-hybridized carbons (Fsp3) is 0.321. The van der Waals surface area contributed by atoms with E-state index in [1.54, 1.807) is 12.5 Å². The minimum absolute atomic E-state index is 0.0000566. The number of fused-ring (bicyclic) bond motifs is 1. The molecule has 2 aliphatic rings. The predicted octanol–water partition coefficient (Wildman–Crippen LogP) is 6.71. The second-order valence-corrected chi connectivity index (χ2v) is 11.1. The van der Waals surface area contributed by atoms with Crippen LogP contribution in [-0.4, -0.2) is 35.0 Å². The molecule has 192 valence electrons. The number of furan rings is 2. The smallest absolute Gasteiger partial charge is 0.316 e. The van der Waals surface area contributed by atoms with Gasteiger partial charge >= 0.3 is 5.97 Å². The zero-order valence-electron chi connectivity index (χ0n) is 20.6. The lowest BCUT2D eigenvalue weighted by molar-refractivity contribution is -0.151. The van der Waals surface area contributed by atoms with Crippen LogP contribution in [0, 0.1) is 19.8 Å². The first kappa shape index (κ1) is 25.6. The standard InChI is InChI=1S/C28H27BrN2O5S/c1-17-13-24(18(2)12-22(17)29)37-16-26(33)36-15-25(32)31-28(23-9-5-11-35-23)21-8-3-6-19(27(21)30-31)14-20-7-4-10-34-20/h4-5,7,9-14,21,28H,3,6,8,15-16H2,1-2H3. The summed E-state index contributed by atoms with van der Waals surface area (Å²) in [7, 11) is 0. The van der Waals surface area contributed by atoms with E-state index in [2.05, 4.69) is 15.9 Å². The van der Waals surface area contributed by atoms with Crippen LogP contribution in [0.15, 0.2) is 77.8 Å². The van der Waals surface area contributed by atoms with Crippen molar-refractivity contribution in [2.24, 2.45) is 11.0 Å². The van der Waals surface area contributed by atoms with Crippen LogP contribution in [0.2, 0.25) is 0 Å². The highest BCUT2D eigenvalue weighted by Crippen LogP contribution is 2.44. The predicted molar refractivity (Wildman–Crippen MR) is 145 cm³/mol. The molecule has 7 nitrogen and oxygen atoms in total. The number of hydrazone groups is 1. The average molecular weight is 584 g/mol. The molecule has 3 heterocycles. The van der Waals surface area contributed by atoms with Crippen molar-refractivity contribution in [1.29, 1.82) is 0 Å². The second-order valence-electron chi connectivity index (χ2n) is 9.18. The number of carbonyl (C=O) groups is 2. The minimum atomic E-state index is -0.449. The van der Waals surface area contributed by atoms with Crippen molar-refractivity contribution in [3.63, 3.8) is 0 Å². The van der Waals surface area contributed by atoms with Crippen molar-refractivity contribution in [1.82, 2.24) is 5.01 Å². The van der Waals surface area contributed by atoms with Crippen LogP contribution >= 0.6 is 27.7 Å². The number of nitrogens with zero attached hydrogens (tertiary/aromatic N) is 2. The highest BCUT2D eigenvalue weighted by Gasteiger charge is 2.45. The zero-order valence-corrected chi connectivity index (χ0v) is 23.0. The van der Waals surface area contributed by atoms with Gasteiger partial charge < -0.3 is 13.6 Å². The van der Waals surface area contributed by atoms with Crippen LogP contribution in [-0.2, 0) is 14.3 Å². The maximum Gasteiger partial charge on any atom is 0.316 e. The molecule has 1 aliphatic heterocycles. The quantitative estimate of drug-likeness (QED) is 0.227. The summed E-state index contributed by atoms with van der Waals surface area (Å²) in [5.41, 5.74) is 4.07. The van der Waals surface area contributed by atoms with Crippen molar-refractivity contribution in [3.8, 4) is 0 Å². The van der Waals surface area contributed by atoms with Crippen LogP contribution in [0.4, 0.5) is 0 Å². The van der Waals surface area contributed by atoms with Crippen LogP contribution in [0.3, 0.4) is 0 Å². The monoisotopic (exact) mass is 582 g/mol. The Balaban J connectivity index is 1.28. The number of thioether (sulfide) groups is 1. The third-order valence-electron chi connectivity index (χ3n) is 6.61. The molecule has 0 N–H and O–H groups in total. The number of carbonyl (C=O) groups excluding carboxylic acids is 2. The van der Waals surface area contributed by atoms with Gasteiger partial charge in [0.2, 0.25) is 0 Å². The first-order valence-electron chi connectivity index (χ1n) is 12.1. The number of aryl methyl sites for hydroxylation is 2. The molecule has 5 rings (SSSR count). The maximum atomic E-state index is 13.3. The largest absolute Gasteiger partial charge is 0.467 e. The SMILES string of the molecule is Cc1cc(SCC(=O)OCC(=O)N2N=C3C(=Cc4ccco4)CCCC3C2c2ccco2)c(C)cc1Br. The van der Waals surface area contributed by atoms with Crippen molar-refractivity contribution < 1.29 is 23.2 Å². The molecule has 2 unspecified atom stereocenters. The van der Waals surface area contributed by atoms with Gasteiger partial charge in [-0.05, 0) is 92.3 Å². The van der Waals surface area contributed by atoms with E-state index in [9.17, 15) is 9.59 Å². The lowest BCUT2D eigenvalue weighted by atomic mass is 9.79. The molecule has 1 aliphatic carbocycles. The average Bonchev–Trinajstić information content (AvgIpc) is 3.65. The van der Waals surface area contributed by atoms with Gasteiger partial charge in [0.15, 0.2) is 6.61 Å². The molecular weight excluding hydrogens is 556 g/mol. The molecule has 1 amide bonds. The Morgan fingerprint density at radius 1 is 1.19 bits per heavy atom. The Kier molecular flexibility index (Phi) is 7.71. The van der Waals surface area contributed by atoms with E-state index in [0.29, 0.717) is 5.76 Å². The highest BCUT2D eigenvalue weighted by atomic mass is 79.9. The molecular formula is C28H27BrN2O5S. The summed E-state index contributed by atoms with van der Waals surface area (Å²) < 4.78 is 17.6. The third-order valence-corrected chi connectivity index (χ3v) is 8.60. The van der Waals surface area contributed by atoms with Crippen LogP contribution < -0.4 is 0 Å². The van der Waals surface area contributed by atoms with Crippen molar-refractivity contribution in [3.05, 3.63) is 81.6 Å². The molecule has 0 saturated heterocycles. The normalized spacial score (nSPS) is 20.1. The summed E-state index contributed by atoms with van der Waals surface area (Å²) in [5.74, 6) is 0.703. The van der Waals surface area contributed by atoms with Crippen molar-refractivity contribution in [2.45, 2.75) is 44.0 Å². The number of hydrogen-bond acceptors (Lipinski definition) is 7. The zero-order chi connectivity index (χ0) is 25.9. The molecule has 0 spiro atoms. The van der Waals surface area contributed by atoms with Gasteiger partial charge in [-0.15, -0.1) is 11.8 Å². The summed E-state index contributed by atoms with van der Waals surface area (Å²) in [4.78, 5) is 26.8. The van der Waals surface area contributed by atoms with E-state index >= 15 is 0 Å². The Morgan fingerprint density at radius 3 is 2.76 bits per heavy atom. The molecule has 2 aromatic heterocycles. The number of rotatable bonds is 7. The summed E-state index contributed by atoms with van der Waals surface area (Å²) in [6.45, 7) is 3.62. The van der Waals surface area contributed by atoms with E-state index in [-0.39, 0.29) is 30.2 Å². The van der Waals surface area contributed by atoms with Gasteiger partial charge in [0.1, 0.15) is 17.6 Å². The number of halogens is 1. The fourth-order valence-corrected chi connectivity index (χ4v) is 6.15. The van der Waals surface area contributed by atoms with Gasteiger partial charge in [0.25, 0.3) is 5.91 Å². The highest BCUT2D eigenvalue weighted by molar-refractivity contribution is 9.10. The Morgan fingerprint density at radius 2 is 2.00 bits per heavy atom. The minimum Gasteiger partial charge on any atom is -0.467 e. The molecule has 9 heteroatoms. The lowest BCUT2D eigenvalue weighted by Gasteiger charge is -2.27. The van der Waals surface area contributed by atoms with Crippen LogP contribution in [0.1, 0.15) is 48.0 Å². The number of allylic oxidation sites excluding steroid dienone is 1. The molecule has 3 aromatic rings. The van der Waals surface area contributed by atoms with Gasteiger partial charge in [0, 0.05) is 15.3 Å². The second kappa shape index (κ2) is 11.1. The van der Waals surface area contributed by atoms with Crippen LogP contribution in [0.25, 0.3) is 6.08 Å². The number of esters is 1. The molecule has 37 heavy (non-hydrogen) atoms. The van der Waals surface area contributed by atoms with E-state index in [0.717, 1.165) is 56.8 Å². The summed E-state index contributed by atoms with van der Waals surface area (Å²) in [6, 6.07) is 11.1. The van der Waals surface area contributed by atoms with Gasteiger partial charge in [0.05, 0.1) is 24.0 Å². The van der Waals surface area contributed by atoms with Gasteiger partial charge in [-0.3, -0.25) is 9.59 Å². The number of benzene rings is 1. The van der Waals surface area contributed by atoms with Gasteiger partial charge in [-0.25, -0.2) is 5.01 Å². The third kappa shape index (κ3) is 5.62. The summed E-state index contributed by atoms with van der Waals surface area (Å²) in [5, 5.41) is 6.17. The van der Waals surface area contributed by atoms with Gasteiger partial charge in [-0.2, -0.15) is 5.10 Å². The molecule has 1 aromatic carbocycles. The molecule has 0 radical (unpaired) electrons.